The summed E-state index contributed by atoms with van der Waals surface area (Å²) in [5.74, 6) is 1.53. The summed E-state index contributed by atoms with van der Waals surface area (Å²) in [6.07, 6.45) is 0. The van der Waals surface area contributed by atoms with Crippen molar-refractivity contribution in [3.8, 4) is 16.5 Å². The lowest BCUT2D eigenvalue weighted by Gasteiger charge is -2.06. The number of thiophene rings is 1. The van der Waals surface area contributed by atoms with Crippen LogP contribution in [0.5, 0.6) is 5.75 Å². The van der Waals surface area contributed by atoms with E-state index in [4.69, 9.17) is 4.74 Å². The summed E-state index contributed by atoms with van der Waals surface area (Å²) in [4.78, 5) is 17.4. The minimum Gasteiger partial charge on any atom is -0.497 e. The van der Waals surface area contributed by atoms with Gasteiger partial charge in [0, 0.05) is 11.8 Å². The number of benzene rings is 1. The van der Waals surface area contributed by atoms with E-state index in [0.29, 0.717) is 16.6 Å². The third-order valence-electron chi connectivity index (χ3n) is 2.91. The van der Waals surface area contributed by atoms with Crippen molar-refractivity contribution >= 4 is 34.7 Å². The molecule has 2 aromatic heterocycles. The highest BCUT2D eigenvalue weighted by Gasteiger charge is 2.10. The molecule has 6 nitrogen and oxygen atoms in total. The number of nitrogens with one attached hydrogen (secondary N) is 2. The Morgan fingerprint density at radius 2 is 2.30 bits per heavy atom. The first kappa shape index (κ1) is 15.6. The number of carbonyl (C=O) groups excluding carboxylic acids is 1. The fraction of sp³-hybridized carbons (Fsp3) is 0.133. The number of amides is 1. The van der Waals surface area contributed by atoms with Gasteiger partial charge in [-0.1, -0.05) is 23.9 Å². The maximum atomic E-state index is 12.0. The molecule has 0 aliphatic rings. The highest BCUT2D eigenvalue weighted by Crippen LogP contribution is 2.23. The van der Waals surface area contributed by atoms with Gasteiger partial charge in [0.05, 0.1) is 17.7 Å². The Balaban J connectivity index is 1.54. The first-order valence-electron chi connectivity index (χ1n) is 6.77. The molecule has 1 amide bonds. The molecule has 3 rings (SSSR count). The minimum absolute atomic E-state index is 0.120. The molecule has 23 heavy (non-hydrogen) atoms. The van der Waals surface area contributed by atoms with Gasteiger partial charge in [-0.2, -0.15) is 0 Å². The van der Waals surface area contributed by atoms with Gasteiger partial charge < -0.3 is 10.1 Å². The van der Waals surface area contributed by atoms with Crippen molar-refractivity contribution in [1.82, 2.24) is 15.2 Å². The molecule has 0 atom stereocenters. The van der Waals surface area contributed by atoms with Gasteiger partial charge in [0.2, 0.25) is 11.1 Å². The molecule has 0 aliphatic carbocycles. The highest BCUT2D eigenvalue weighted by molar-refractivity contribution is 7.99. The van der Waals surface area contributed by atoms with Crippen molar-refractivity contribution in [3.63, 3.8) is 0 Å². The number of hydrogen-bond acceptors (Lipinski definition) is 6. The van der Waals surface area contributed by atoms with E-state index in [1.165, 1.54) is 11.8 Å². The monoisotopic (exact) mass is 346 g/mol. The maximum Gasteiger partial charge on any atom is 0.234 e. The molecule has 0 radical (unpaired) electrons. The molecule has 0 saturated carbocycles. The summed E-state index contributed by atoms with van der Waals surface area (Å²) in [5, 5.41) is 12.3. The second kappa shape index (κ2) is 7.30. The molecule has 3 aromatic rings. The van der Waals surface area contributed by atoms with E-state index >= 15 is 0 Å². The number of carbonyl (C=O) groups is 1. The van der Waals surface area contributed by atoms with E-state index < -0.39 is 0 Å². The van der Waals surface area contributed by atoms with Crippen molar-refractivity contribution in [2.45, 2.75) is 5.16 Å². The van der Waals surface area contributed by atoms with Crippen LogP contribution >= 0.6 is 23.1 Å². The number of rotatable bonds is 6. The lowest BCUT2D eigenvalue weighted by molar-refractivity contribution is -0.113. The fourth-order valence-corrected chi connectivity index (χ4v) is 3.12. The molecular weight excluding hydrogens is 332 g/mol. The van der Waals surface area contributed by atoms with Crippen LogP contribution in [0.1, 0.15) is 0 Å². The largest absolute Gasteiger partial charge is 0.497 e. The Morgan fingerprint density at radius 3 is 3.09 bits per heavy atom. The first-order chi connectivity index (χ1) is 11.2. The third kappa shape index (κ3) is 4.11. The molecule has 2 N–H and O–H groups in total. The molecular formula is C15H14N4O2S2. The number of hydrogen-bond donors (Lipinski definition) is 2. The van der Waals surface area contributed by atoms with Crippen LogP contribution in [-0.4, -0.2) is 34.0 Å². The molecule has 0 unspecified atom stereocenters. The molecule has 2 heterocycles. The van der Waals surface area contributed by atoms with Crippen LogP contribution in [0.15, 0.2) is 46.9 Å². The Labute approximate surface area is 141 Å². The third-order valence-corrected chi connectivity index (χ3v) is 4.63. The zero-order valence-electron chi connectivity index (χ0n) is 12.3. The van der Waals surface area contributed by atoms with Gasteiger partial charge in [0.25, 0.3) is 0 Å². The molecule has 0 saturated heterocycles. The average Bonchev–Trinajstić information content (AvgIpc) is 3.24. The Morgan fingerprint density at radius 1 is 1.39 bits per heavy atom. The highest BCUT2D eigenvalue weighted by atomic mass is 32.2. The van der Waals surface area contributed by atoms with Gasteiger partial charge in [-0.15, -0.1) is 16.4 Å². The van der Waals surface area contributed by atoms with Gasteiger partial charge >= 0.3 is 0 Å². The van der Waals surface area contributed by atoms with E-state index in [0.717, 1.165) is 10.7 Å². The summed E-state index contributed by atoms with van der Waals surface area (Å²) in [5.41, 5.74) is 0.698. The second-order valence-corrected chi connectivity index (χ2v) is 6.40. The first-order valence-corrected chi connectivity index (χ1v) is 8.64. The predicted molar refractivity (Wildman–Crippen MR) is 92.0 cm³/mol. The number of H-pyrrole nitrogens is 1. The number of nitrogens with zero attached hydrogens (tertiary/aromatic N) is 2. The standard InChI is InChI=1S/C15H14N4O2S2/c1-21-11-5-2-4-10(8-11)16-13(20)9-23-15-17-14(18-19-15)12-6-3-7-22-12/h2-8H,9H2,1H3,(H,16,20)(H,17,18,19). The molecule has 0 aliphatic heterocycles. The van der Waals surface area contributed by atoms with Gasteiger partial charge in [-0.25, -0.2) is 4.98 Å². The lowest BCUT2D eigenvalue weighted by Crippen LogP contribution is -2.14. The number of anilines is 1. The van der Waals surface area contributed by atoms with Crippen LogP contribution in [0.2, 0.25) is 0 Å². The van der Waals surface area contributed by atoms with Crippen molar-refractivity contribution in [2.24, 2.45) is 0 Å². The maximum absolute atomic E-state index is 12.0. The molecule has 8 heteroatoms. The average molecular weight is 346 g/mol. The number of methoxy groups -OCH3 is 1. The van der Waals surface area contributed by atoms with E-state index in [1.807, 2.05) is 35.7 Å². The SMILES string of the molecule is COc1cccc(NC(=O)CSc2n[nH]c(-c3cccs3)n2)c1. The van der Waals surface area contributed by atoms with Crippen LogP contribution < -0.4 is 10.1 Å². The van der Waals surface area contributed by atoms with Crippen molar-refractivity contribution < 1.29 is 9.53 Å². The van der Waals surface area contributed by atoms with Crippen LogP contribution in [0, 0.1) is 0 Å². The minimum atomic E-state index is -0.120. The summed E-state index contributed by atoms with van der Waals surface area (Å²) in [6.45, 7) is 0. The quantitative estimate of drug-likeness (QED) is 0.670. The van der Waals surface area contributed by atoms with Crippen LogP contribution in [-0.2, 0) is 4.79 Å². The van der Waals surface area contributed by atoms with E-state index in [-0.39, 0.29) is 11.7 Å². The predicted octanol–water partition coefficient (Wildman–Crippen LogP) is 3.27. The summed E-state index contributed by atoms with van der Waals surface area (Å²) >= 11 is 2.87. The summed E-state index contributed by atoms with van der Waals surface area (Å²) in [6, 6.07) is 11.2. The van der Waals surface area contributed by atoms with Gasteiger partial charge in [0.15, 0.2) is 5.82 Å². The van der Waals surface area contributed by atoms with Crippen LogP contribution in [0.25, 0.3) is 10.7 Å². The normalized spacial score (nSPS) is 10.5. The molecule has 0 spiro atoms. The molecule has 0 fully saturated rings. The molecule has 1 aromatic carbocycles. The van der Waals surface area contributed by atoms with Gasteiger partial charge in [0.1, 0.15) is 5.75 Å². The zero-order chi connectivity index (χ0) is 16.1. The smallest absolute Gasteiger partial charge is 0.234 e. The van der Waals surface area contributed by atoms with Gasteiger partial charge in [-0.3, -0.25) is 9.89 Å². The second-order valence-electron chi connectivity index (χ2n) is 4.51. The number of ether oxygens (including phenoxy) is 1. The summed E-state index contributed by atoms with van der Waals surface area (Å²) in [7, 11) is 1.59. The lowest BCUT2D eigenvalue weighted by atomic mass is 10.3. The zero-order valence-corrected chi connectivity index (χ0v) is 13.9. The topological polar surface area (TPSA) is 79.9 Å². The molecule has 118 valence electrons. The van der Waals surface area contributed by atoms with Crippen LogP contribution in [0.4, 0.5) is 5.69 Å². The van der Waals surface area contributed by atoms with Gasteiger partial charge in [-0.05, 0) is 23.6 Å². The fourth-order valence-electron chi connectivity index (χ4n) is 1.86. The van der Waals surface area contributed by atoms with E-state index in [1.54, 1.807) is 24.5 Å². The van der Waals surface area contributed by atoms with E-state index in [2.05, 4.69) is 20.5 Å². The molecule has 0 bridgehead atoms. The summed E-state index contributed by atoms with van der Waals surface area (Å²) < 4.78 is 5.12. The Hall–Kier alpha value is -2.32. The van der Waals surface area contributed by atoms with Crippen molar-refractivity contribution in [1.29, 1.82) is 0 Å². The Bertz CT molecular complexity index is 786. The number of aromatic nitrogens is 3. The number of thioether (sulfide) groups is 1. The number of aromatic amines is 1. The van der Waals surface area contributed by atoms with E-state index in [9.17, 15) is 4.79 Å². The Kier molecular flexibility index (Phi) is 4.94. The van der Waals surface area contributed by atoms with Crippen LogP contribution in [0.3, 0.4) is 0 Å². The van der Waals surface area contributed by atoms with Crippen molar-refractivity contribution in [2.75, 3.05) is 18.2 Å². The van der Waals surface area contributed by atoms with Crippen molar-refractivity contribution in [3.05, 3.63) is 41.8 Å².